The average Bonchev–Trinajstić information content (AvgIpc) is 3.52. The zero-order valence-corrected chi connectivity index (χ0v) is 18.9. The van der Waals surface area contributed by atoms with Gasteiger partial charge in [-0.3, -0.25) is 14.4 Å². The Morgan fingerprint density at radius 1 is 0.886 bits per heavy atom. The summed E-state index contributed by atoms with van der Waals surface area (Å²) in [5.41, 5.74) is 2.30. The number of benzene rings is 2. The molecule has 1 aliphatic heterocycles. The molecule has 3 aromatic rings. The minimum atomic E-state index is -1.13. The highest BCUT2D eigenvalue weighted by molar-refractivity contribution is 6.49. The maximum Gasteiger partial charge on any atom is 0.335 e. The molecule has 178 valence electrons. The summed E-state index contributed by atoms with van der Waals surface area (Å²) in [6.07, 6.45) is 6.20. The first kappa shape index (κ1) is 22.7. The van der Waals surface area contributed by atoms with E-state index in [0.717, 1.165) is 37.7 Å². The monoisotopic (exact) mass is 472 g/mol. The topological polar surface area (TPSA) is 118 Å². The molecule has 8 heteroatoms. The number of Topliss-reactive ketones (excluding diaryl/α,β-unsaturated/α-hetero) is 2. The predicted octanol–water partition coefficient (Wildman–Crippen LogP) is 4.40. The van der Waals surface area contributed by atoms with Crippen molar-refractivity contribution in [3.8, 4) is 11.3 Å². The van der Waals surface area contributed by atoms with Crippen LogP contribution in [0.4, 0.5) is 5.69 Å². The Morgan fingerprint density at radius 3 is 2.14 bits per heavy atom. The van der Waals surface area contributed by atoms with E-state index in [2.05, 4.69) is 5.16 Å². The summed E-state index contributed by atoms with van der Waals surface area (Å²) in [5, 5.41) is 13.1. The van der Waals surface area contributed by atoms with E-state index in [9.17, 15) is 19.2 Å². The standard InChI is InChI=1S/C27H24N2O6/c30-24(18-6-8-19(9-7-18)27(33)34)22-23(17-4-2-1-3-5-17)29(26(32)25(22)31)20-12-10-16(11-13-20)21-14-15-35-28-21/h6-15,17,22-23H,1-5H2,(H,33,34). The quantitative estimate of drug-likeness (QED) is 0.321. The van der Waals surface area contributed by atoms with Crippen LogP contribution in [0.2, 0.25) is 0 Å². The van der Waals surface area contributed by atoms with Gasteiger partial charge >= 0.3 is 5.97 Å². The predicted molar refractivity (Wildman–Crippen MR) is 126 cm³/mol. The number of carbonyl (C=O) groups is 4. The molecule has 1 aliphatic carbocycles. The van der Waals surface area contributed by atoms with Crippen LogP contribution in [0.15, 0.2) is 65.4 Å². The largest absolute Gasteiger partial charge is 0.478 e. The number of nitrogens with zero attached hydrogens (tertiary/aromatic N) is 2. The third-order valence-corrected chi connectivity index (χ3v) is 7.06. The number of aromatic carboxylic acids is 1. The first-order chi connectivity index (χ1) is 17.0. The molecule has 2 aliphatic rings. The lowest BCUT2D eigenvalue weighted by Gasteiger charge is -2.35. The molecule has 0 spiro atoms. The number of carboxylic acids is 1. The van der Waals surface area contributed by atoms with E-state index in [1.807, 2.05) is 12.1 Å². The Kier molecular flexibility index (Phi) is 6.03. The zero-order chi connectivity index (χ0) is 24.5. The van der Waals surface area contributed by atoms with E-state index in [1.165, 1.54) is 35.4 Å². The second-order valence-electron chi connectivity index (χ2n) is 9.08. The third-order valence-electron chi connectivity index (χ3n) is 7.06. The molecule has 2 unspecified atom stereocenters. The summed E-state index contributed by atoms with van der Waals surface area (Å²) in [7, 11) is 0. The average molecular weight is 472 g/mol. The van der Waals surface area contributed by atoms with E-state index in [4.69, 9.17) is 9.63 Å². The van der Waals surface area contributed by atoms with Crippen LogP contribution in [0.3, 0.4) is 0 Å². The highest BCUT2D eigenvalue weighted by Crippen LogP contribution is 2.41. The normalized spacial score (nSPS) is 20.9. The fourth-order valence-corrected chi connectivity index (χ4v) is 5.32. The summed E-state index contributed by atoms with van der Waals surface area (Å²) in [6, 6.07) is 13.8. The summed E-state index contributed by atoms with van der Waals surface area (Å²) in [5.74, 6) is -4.06. The van der Waals surface area contributed by atoms with E-state index in [1.54, 1.807) is 18.2 Å². The van der Waals surface area contributed by atoms with Crippen LogP contribution in [0.1, 0.15) is 52.8 Å². The number of anilines is 1. The number of hydrogen-bond acceptors (Lipinski definition) is 6. The summed E-state index contributed by atoms with van der Waals surface area (Å²) in [4.78, 5) is 52.8. The molecule has 2 aromatic carbocycles. The van der Waals surface area contributed by atoms with Crippen molar-refractivity contribution < 1.29 is 28.8 Å². The second-order valence-corrected chi connectivity index (χ2v) is 9.08. The fourth-order valence-electron chi connectivity index (χ4n) is 5.32. The van der Waals surface area contributed by atoms with Gasteiger partial charge in [0, 0.05) is 22.9 Å². The highest BCUT2D eigenvalue weighted by Gasteiger charge is 2.54. The summed E-state index contributed by atoms with van der Waals surface area (Å²) in [6.45, 7) is 0. The molecular formula is C27H24N2O6. The van der Waals surface area contributed by atoms with Crippen molar-refractivity contribution in [1.82, 2.24) is 5.16 Å². The lowest BCUT2D eigenvalue weighted by Crippen LogP contribution is -2.44. The van der Waals surface area contributed by atoms with Crippen molar-refractivity contribution in [2.75, 3.05) is 4.90 Å². The van der Waals surface area contributed by atoms with Gasteiger partial charge in [0.2, 0.25) is 5.78 Å². The van der Waals surface area contributed by atoms with Crippen LogP contribution in [0.25, 0.3) is 11.3 Å². The molecule has 35 heavy (non-hydrogen) atoms. The Morgan fingerprint density at radius 2 is 1.54 bits per heavy atom. The zero-order valence-electron chi connectivity index (χ0n) is 18.9. The van der Waals surface area contributed by atoms with Crippen LogP contribution in [0.5, 0.6) is 0 Å². The first-order valence-corrected chi connectivity index (χ1v) is 11.7. The number of aromatic nitrogens is 1. The summed E-state index contributed by atoms with van der Waals surface area (Å²) < 4.78 is 4.90. The minimum absolute atomic E-state index is 0.0154. The molecule has 1 saturated heterocycles. The number of carbonyl (C=O) groups excluding carboxylic acids is 3. The molecule has 1 aromatic heterocycles. The van der Waals surface area contributed by atoms with Crippen LogP contribution in [-0.4, -0.2) is 39.7 Å². The molecule has 0 bridgehead atoms. The maximum absolute atomic E-state index is 13.6. The van der Waals surface area contributed by atoms with Gasteiger partial charge < -0.3 is 14.5 Å². The van der Waals surface area contributed by atoms with Gasteiger partial charge in [0.25, 0.3) is 5.91 Å². The van der Waals surface area contributed by atoms with Gasteiger partial charge in [-0.2, -0.15) is 0 Å². The van der Waals surface area contributed by atoms with Crippen molar-refractivity contribution >= 4 is 29.1 Å². The van der Waals surface area contributed by atoms with Gasteiger partial charge in [0.15, 0.2) is 5.78 Å². The summed E-state index contributed by atoms with van der Waals surface area (Å²) >= 11 is 0. The van der Waals surface area contributed by atoms with Crippen LogP contribution >= 0.6 is 0 Å². The molecule has 5 rings (SSSR count). The molecule has 2 atom stereocenters. The Bertz CT molecular complexity index is 1260. The molecular weight excluding hydrogens is 448 g/mol. The van der Waals surface area contributed by atoms with Crippen LogP contribution < -0.4 is 4.90 Å². The van der Waals surface area contributed by atoms with Crippen molar-refractivity contribution in [3.63, 3.8) is 0 Å². The van der Waals surface area contributed by atoms with Crippen LogP contribution in [-0.2, 0) is 9.59 Å². The van der Waals surface area contributed by atoms with Crippen molar-refractivity contribution in [1.29, 1.82) is 0 Å². The van der Waals surface area contributed by atoms with Gasteiger partial charge in [0.05, 0.1) is 11.6 Å². The lowest BCUT2D eigenvalue weighted by molar-refractivity contribution is -0.135. The van der Waals surface area contributed by atoms with Gasteiger partial charge in [-0.25, -0.2) is 4.79 Å². The molecule has 8 nitrogen and oxygen atoms in total. The van der Waals surface area contributed by atoms with Crippen LogP contribution in [0, 0.1) is 11.8 Å². The second kappa shape index (κ2) is 9.29. The van der Waals surface area contributed by atoms with E-state index < -0.39 is 35.4 Å². The molecule has 0 radical (unpaired) electrons. The van der Waals surface area contributed by atoms with E-state index in [0.29, 0.717) is 11.4 Å². The van der Waals surface area contributed by atoms with Gasteiger partial charge in [-0.1, -0.05) is 48.7 Å². The SMILES string of the molecule is O=C(O)c1ccc(C(=O)C2C(=O)C(=O)N(c3ccc(-c4ccon4)cc3)C2C2CCCCC2)cc1. The minimum Gasteiger partial charge on any atom is -0.478 e. The smallest absolute Gasteiger partial charge is 0.335 e. The molecule has 2 fully saturated rings. The lowest BCUT2D eigenvalue weighted by atomic mass is 9.76. The first-order valence-electron chi connectivity index (χ1n) is 11.7. The Hall–Kier alpha value is -4.07. The number of carboxylic acid groups (broad SMARTS) is 1. The van der Waals surface area contributed by atoms with Crippen molar-refractivity contribution in [3.05, 3.63) is 72.0 Å². The number of rotatable bonds is 6. The number of ketones is 2. The third kappa shape index (κ3) is 4.16. The van der Waals surface area contributed by atoms with E-state index in [-0.39, 0.29) is 17.0 Å². The van der Waals surface area contributed by atoms with Gasteiger partial charge in [-0.05, 0) is 43.0 Å². The molecule has 1 saturated carbocycles. The maximum atomic E-state index is 13.6. The van der Waals surface area contributed by atoms with Crippen molar-refractivity contribution in [2.24, 2.45) is 11.8 Å². The van der Waals surface area contributed by atoms with Crippen molar-refractivity contribution in [2.45, 2.75) is 38.1 Å². The van der Waals surface area contributed by atoms with Gasteiger partial charge in [0.1, 0.15) is 17.9 Å². The molecule has 1 N–H and O–H groups in total. The molecule has 1 amide bonds. The fraction of sp³-hybridized carbons (Fsp3) is 0.296. The van der Waals surface area contributed by atoms with Gasteiger partial charge in [-0.15, -0.1) is 0 Å². The number of amides is 1. The van der Waals surface area contributed by atoms with E-state index >= 15 is 0 Å². The highest BCUT2D eigenvalue weighted by atomic mass is 16.5. The Balaban J connectivity index is 1.51. The molecule has 2 heterocycles. The number of hydrogen-bond donors (Lipinski definition) is 1. The Labute approximate surface area is 201 Å².